The summed E-state index contributed by atoms with van der Waals surface area (Å²) in [4.78, 5) is 19.3. The van der Waals surface area contributed by atoms with Gasteiger partial charge in [0.1, 0.15) is 5.69 Å². The van der Waals surface area contributed by atoms with Gasteiger partial charge in [0, 0.05) is 6.54 Å². The number of methoxy groups -OCH3 is 1. The molecule has 0 saturated carbocycles. The smallest absolute Gasteiger partial charge is 0.337 e. The number of benzene rings is 2. The summed E-state index contributed by atoms with van der Waals surface area (Å²) in [6.07, 6.45) is 0. The maximum Gasteiger partial charge on any atom is 0.337 e. The first-order valence-electron chi connectivity index (χ1n) is 6.67. The van der Waals surface area contributed by atoms with Crippen molar-refractivity contribution in [3.8, 4) is 0 Å². The Bertz CT molecular complexity index is 694. The Hall–Kier alpha value is -2.95. The van der Waals surface area contributed by atoms with Gasteiger partial charge in [0.25, 0.3) is 0 Å². The molecule has 0 aliphatic rings. The molecule has 0 amide bonds. The molecule has 0 atom stereocenters. The van der Waals surface area contributed by atoms with Crippen molar-refractivity contribution < 1.29 is 9.53 Å². The second kappa shape index (κ2) is 7.17. The fourth-order valence-corrected chi connectivity index (χ4v) is 2.04. The van der Waals surface area contributed by atoms with Crippen LogP contribution in [0.3, 0.4) is 0 Å². The van der Waals surface area contributed by atoms with Crippen molar-refractivity contribution in [3.05, 3.63) is 53.6 Å². The third-order valence-corrected chi connectivity index (χ3v) is 3.20. The van der Waals surface area contributed by atoms with E-state index in [-0.39, 0.29) is 5.97 Å². The summed E-state index contributed by atoms with van der Waals surface area (Å²) in [5.74, 6) is -0.345. The van der Waals surface area contributed by atoms with Gasteiger partial charge < -0.3 is 10.1 Å². The first-order chi connectivity index (χ1) is 10.7. The zero-order chi connectivity index (χ0) is 15.9. The zero-order valence-electron chi connectivity index (χ0n) is 12.4. The number of nitrogens with one attached hydrogen (secondary N) is 1. The average molecular weight is 295 g/mol. The van der Waals surface area contributed by atoms with Crippen LogP contribution >= 0.6 is 0 Å². The highest BCUT2D eigenvalue weighted by Gasteiger charge is 2.07. The molecule has 0 unspecified atom stereocenters. The molecule has 0 bridgehead atoms. The molecule has 1 N–H and O–H groups in total. The Morgan fingerprint density at radius 1 is 1.14 bits per heavy atom. The maximum absolute atomic E-state index is 11.4. The largest absolute Gasteiger partial charge is 0.465 e. The third kappa shape index (κ3) is 3.38. The van der Waals surface area contributed by atoms with E-state index < -0.39 is 0 Å². The molecule has 0 heterocycles. The number of esters is 1. The quantitative estimate of drug-likeness (QED) is 0.652. The number of hydrogen-bond acceptors (Lipinski definition) is 5. The Labute approximate surface area is 129 Å². The standard InChI is InChI=1S/C17H17N3O2/c1-18-14-5-4-6-15(16(14)19-2)20-11-12-7-9-13(10-8-12)17(21)22-3/h4-10,20H,1-2,11H2,3H3. The first-order valence-corrected chi connectivity index (χ1v) is 6.67. The van der Waals surface area contributed by atoms with Crippen LogP contribution in [0.2, 0.25) is 0 Å². The van der Waals surface area contributed by atoms with Crippen LogP contribution in [-0.2, 0) is 11.3 Å². The van der Waals surface area contributed by atoms with Crippen LogP contribution in [-0.4, -0.2) is 26.5 Å². The van der Waals surface area contributed by atoms with Crippen LogP contribution in [0.4, 0.5) is 17.1 Å². The van der Waals surface area contributed by atoms with Crippen molar-refractivity contribution in [2.75, 3.05) is 12.4 Å². The molecular weight excluding hydrogens is 278 g/mol. The number of anilines is 1. The van der Waals surface area contributed by atoms with Gasteiger partial charge in [0.15, 0.2) is 0 Å². The summed E-state index contributed by atoms with van der Waals surface area (Å²) >= 11 is 0. The van der Waals surface area contributed by atoms with Crippen molar-refractivity contribution in [1.82, 2.24) is 0 Å². The van der Waals surface area contributed by atoms with E-state index in [1.807, 2.05) is 30.3 Å². The topological polar surface area (TPSA) is 63.0 Å². The molecule has 0 fully saturated rings. The predicted octanol–water partition coefficient (Wildman–Crippen LogP) is 3.75. The summed E-state index contributed by atoms with van der Waals surface area (Å²) in [5, 5.41) is 3.28. The molecule has 0 spiro atoms. The van der Waals surface area contributed by atoms with E-state index in [0.717, 1.165) is 11.3 Å². The van der Waals surface area contributed by atoms with Gasteiger partial charge in [-0.25, -0.2) is 4.79 Å². The molecular formula is C17H17N3O2. The number of ether oxygens (including phenoxy) is 1. The lowest BCUT2D eigenvalue weighted by molar-refractivity contribution is 0.0600. The zero-order valence-corrected chi connectivity index (χ0v) is 12.4. The van der Waals surface area contributed by atoms with Gasteiger partial charge in [-0.3, -0.25) is 9.98 Å². The Kier molecular flexibility index (Phi) is 5.03. The first kappa shape index (κ1) is 15.4. The number of hydrogen-bond donors (Lipinski definition) is 1. The van der Waals surface area contributed by atoms with Crippen LogP contribution in [0, 0.1) is 0 Å². The summed E-state index contributed by atoms with van der Waals surface area (Å²) in [5.41, 5.74) is 3.74. The summed E-state index contributed by atoms with van der Waals surface area (Å²) in [6.45, 7) is 7.68. The van der Waals surface area contributed by atoms with Crippen LogP contribution in [0.15, 0.2) is 52.4 Å². The van der Waals surface area contributed by atoms with E-state index in [2.05, 4.69) is 33.5 Å². The lowest BCUT2D eigenvalue weighted by Gasteiger charge is -2.11. The molecule has 112 valence electrons. The summed E-state index contributed by atoms with van der Waals surface area (Å²) < 4.78 is 4.67. The Balaban J connectivity index is 2.12. The SMILES string of the molecule is C=Nc1cccc(NCc2ccc(C(=O)OC)cc2)c1N=C. The fraction of sp³-hybridized carbons (Fsp3) is 0.118. The molecule has 0 aliphatic heterocycles. The summed E-state index contributed by atoms with van der Waals surface area (Å²) in [6, 6.07) is 12.8. The third-order valence-electron chi connectivity index (χ3n) is 3.20. The normalized spacial score (nSPS) is 9.86. The fourth-order valence-electron chi connectivity index (χ4n) is 2.04. The lowest BCUT2D eigenvalue weighted by Crippen LogP contribution is -2.03. The molecule has 0 aliphatic carbocycles. The second-order valence-electron chi connectivity index (χ2n) is 4.53. The predicted molar refractivity (Wildman–Crippen MR) is 90.0 cm³/mol. The van der Waals surface area contributed by atoms with Crippen molar-refractivity contribution in [3.63, 3.8) is 0 Å². The lowest BCUT2D eigenvalue weighted by atomic mass is 10.1. The van der Waals surface area contributed by atoms with Crippen LogP contribution in [0.5, 0.6) is 0 Å². The molecule has 2 aromatic carbocycles. The van der Waals surface area contributed by atoms with Gasteiger partial charge in [-0.1, -0.05) is 18.2 Å². The Morgan fingerprint density at radius 2 is 1.86 bits per heavy atom. The number of carbonyl (C=O) groups excluding carboxylic acids is 1. The van der Waals surface area contributed by atoms with E-state index in [9.17, 15) is 4.79 Å². The molecule has 2 aromatic rings. The maximum atomic E-state index is 11.4. The van der Waals surface area contributed by atoms with Crippen molar-refractivity contribution in [2.24, 2.45) is 9.98 Å². The van der Waals surface area contributed by atoms with Gasteiger partial charge in [0.05, 0.1) is 24.0 Å². The van der Waals surface area contributed by atoms with Crippen LogP contribution in [0.1, 0.15) is 15.9 Å². The van der Waals surface area contributed by atoms with E-state index >= 15 is 0 Å². The second-order valence-corrected chi connectivity index (χ2v) is 4.53. The van der Waals surface area contributed by atoms with Crippen molar-refractivity contribution >= 4 is 36.5 Å². The number of rotatable bonds is 6. The van der Waals surface area contributed by atoms with Crippen molar-refractivity contribution in [2.45, 2.75) is 6.54 Å². The van der Waals surface area contributed by atoms with Gasteiger partial charge >= 0.3 is 5.97 Å². The minimum Gasteiger partial charge on any atom is -0.465 e. The number of aliphatic imine (C=N–C) groups is 2. The molecule has 0 aromatic heterocycles. The molecule has 2 rings (SSSR count). The van der Waals surface area contributed by atoms with E-state index in [4.69, 9.17) is 0 Å². The molecule has 5 heteroatoms. The minimum atomic E-state index is -0.345. The van der Waals surface area contributed by atoms with Crippen molar-refractivity contribution in [1.29, 1.82) is 0 Å². The number of para-hydroxylation sites is 1. The highest BCUT2D eigenvalue weighted by Crippen LogP contribution is 2.35. The highest BCUT2D eigenvalue weighted by atomic mass is 16.5. The number of carbonyl (C=O) groups is 1. The molecule has 5 nitrogen and oxygen atoms in total. The van der Waals surface area contributed by atoms with E-state index in [1.54, 1.807) is 12.1 Å². The minimum absolute atomic E-state index is 0.345. The van der Waals surface area contributed by atoms with E-state index in [1.165, 1.54) is 7.11 Å². The van der Waals surface area contributed by atoms with E-state index in [0.29, 0.717) is 23.5 Å². The highest BCUT2D eigenvalue weighted by molar-refractivity contribution is 5.89. The van der Waals surface area contributed by atoms with Gasteiger partial charge in [0.2, 0.25) is 0 Å². The average Bonchev–Trinajstić information content (AvgIpc) is 2.59. The summed E-state index contributed by atoms with van der Waals surface area (Å²) in [7, 11) is 1.36. The molecule has 22 heavy (non-hydrogen) atoms. The van der Waals surface area contributed by atoms with Gasteiger partial charge in [-0.05, 0) is 43.3 Å². The Morgan fingerprint density at radius 3 is 2.45 bits per heavy atom. The van der Waals surface area contributed by atoms with Crippen LogP contribution in [0.25, 0.3) is 0 Å². The number of nitrogens with zero attached hydrogens (tertiary/aromatic N) is 2. The molecule has 0 saturated heterocycles. The van der Waals surface area contributed by atoms with Gasteiger partial charge in [-0.2, -0.15) is 0 Å². The molecule has 0 radical (unpaired) electrons. The van der Waals surface area contributed by atoms with Crippen LogP contribution < -0.4 is 5.32 Å². The monoisotopic (exact) mass is 295 g/mol. The van der Waals surface area contributed by atoms with Gasteiger partial charge in [-0.15, -0.1) is 0 Å².